The van der Waals surface area contributed by atoms with Crippen LogP contribution < -0.4 is 0 Å². The van der Waals surface area contributed by atoms with E-state index in [-0.39, 0.29) is 47.9 Å². The molecule has 2 aromatic heterocycles. The average Bonchev–Trinajstić information content (AvgIpc) is 3.60. The first-order valence-corrected chi connectivity index (χ1v) is 18.2. The average molecular weight is 849 g/mol. The number of para-hydroxylation sites is 1. The first kappa shape index (κ1) is 39.3. The smallest absolute Gasteiger partial charge is 0.164 e. The van der Waals surface area contributed by atoms with E-state index in [9.17, 15) is 9.90 Å². The number of carbonyl (C=O) groups excluding carboxylic acids is 1. The number of nitrogens with zero attached hydrogens (tertiary/aromatic N) is 1. The number of ketones is 1. The monoisotopic (exact) mass is 849 g/mol. The van der Waals surface area contributed by atoms with Crippen LogP contribution in [0.2, 0.25) is 0 Å². The molecule has 0 atom stereocenters. The molecule has 1 N–H and O–H groups in total. The molecule has 0 saturated carbocycles. The van der Waals surface area contributed by atoms with Crippen molar-refractivity contribution in [3.63, 3.8) is 0 Å². The second-order valence-electron chi connectivity index (χ2n) is 15.3. The molecule has 0 saturated heterocycles. The number of fused-ring (bicyclic) bond motifs is 6. The number of rotatable bonds is 10. The van der Waals surface area contributed by atoms with Crippen molar-refractivity contribution in [3.05, 3.63) is 101 Å². The summed E-state index contributed by atoms with van der Waals surface area (Å²) in [6.45, 7) is 21.2. The molecule has 4 nitrogen and oxygen atoms in total. The van der Waals surface area contributed by atoms with E-state index in [1.54, 1.807) is 0 Å². The van der Waals surface area contributed by atoms with Crippen molar-refractivity contribution >= 4 is 27.7 Å². The number of benzene rings is 3. The Morgan fingerprint density at radius 1 is 0.920 bits per heavy atom. The van der Waals surface area contributed by atoms with Gasteiger partial charge in [0.25, 0.3) is 0 Å². The van der Waals surface area contributed by atoms with E-state index >= 15 is 0 Å². The molecule has 1 aliphatic carbocycles. The van der Waals surface area contributed by atoms with Crippen LogP contribution >= 0.6 is 0 Å². The van der Waals surface area contributed by atoms with Gasteiger partial charge in [0.2, 0.25) is 0 Å². The summed E-state index contributed by atoms with van der Waals surface area (Å²) in [5, 5.41) is 12.5. The van der Waals surface area contributed by atoms with Crippen molar-refractivity contribution in [1.82, 2.24) is 4.98 Å². The maximum atomic E-state index is 12.2. The number of allylic oxidation sites excluding steroid dienone is 2. The largest absolute Gasteiger partial charge is 0.512 e. The standard InChI is InChI=1S/C30H26NO.C15H28O2.Ir/c1-18(2)16-19-12-14-24-20(17-19)13-15-25(31-24)21-9-7-10-23-27(21)30(3,4)28-22-8-5-6-11-26(22)32-29(23)28;1-7-14(5,8-2)12(16)11-13(17)15(6,9-3)10-4;/h5-8,10-15,17-18H,16H2,1-4H3;11,16H,7-10H2,1-6H3;/q-1;;/b;12-11-;. The molecule has 0 bridgehead atoms. The molecule has 1 aliphatic rings. The summed E-state index contributed by atoms with van der Waals surface area (Å²) in [4.78, 5) is 17.2. The molecule has 0 fully saturated rings. The van der Waals surface area contributed by atoms with E-state index in [1.807, 2.05) is 53.7 Å². The Kier molecular flexibility index (Phi) is 12.1. The Bertz CT molecular complexity index is 2010. The van der Waals surface area contributed by atoms with Crippen molar-refractivity contribution in [2.45, 2.75) is 107 Å². The van der Waals surface area contributed by atoms with Gasteiger partial charge in [-0.25, -0.2) is 0 Å². The zero-order valence-corrected chi connectivity index (χ0v) is 34.0. The van der Waals surface area contributed by atoms with Crippen LogP contribution in [-0.4, -0.2) is 15.9 Å². The third kappa shape index (κ3) is 7.28. The minimum atomic E-state index is -0.337. The summed E-state index contributed by atoms with van der Waals surface area (Å²) in [6, 6.07) is 27.0. The Hall–Kier alpha value is -3.53. The number of furan rings is 1. The van der Waals surface area contributed by atoms with Crippen molar-refractivity contribution in [2.24, 2.45) is 16.7 Å². The van der Waals surface area contributed by atoms with E-state index in [0.29, 0.717) is 5.92 Å². The number of aromatic nitrogens is 1. The van der Waals surface area contributed by atoms with Crippen LogP contribution in [0.4, 0.5) is 0 Å². The van der Waals surface area contributed by atoms with Gasteiger partial charge in [0.15, 0.2) is 5.78 Å². The predicted octanol–water partition coefficient (Wildman–Crippen LogP) is 12.6. The number of carbonyl (C=O) groups is 1. The van der Waals surface area contributed by atoms with Crippen LogP contribution in [-0.2, 0) is 36.7 Å². The summed E-state index contributed by atoms with van der Waals surface area (Å²) in [5.41, 5.74) is 8.26. The molecule has 50 heavy (non-hydrogen) atoms. The fraction of sp³-hybridized carbons (Fsp3) is 0.422. The van der Waals surface area contributed by atoms with E-state index in [4.69, 9.17) is 9.40 Å². The zero-order chi connectivity index (χ0) is 35.7. The molecule has 0 aliphatic heterocycles. The molecular formula is C45H54IrNO3-. The van der Waals surface area contributed by atoms with E-state index < -0.39 is 0 Å². The first-order chi connectivity index (χ1) is 23.2. The van der Waals surface area contributed by atoms with Crippen molar-refractivity contribution in [3.8, 4) is 22.6 Å². The Labute approximate surface area is 313 Å². The number of hydrogen-bond donors (Lipinski definition) is 1. The van der Waals surface area contributed by atoms with E-state index in [2.05, 4.69) is 88.4 Å². The third-order valence-corrected chi connectivity index (χ3v) is 11.3. The van der Waals surface area contributed by atoms with Gasteiger partial charge in [0, 0.05) is 48.0 Å². The van der Waals surface area contributed by atoms with Crippen LogP contribution in [0.3, 0.4) is 0 Å². The molecule has 1 radical (unpaired) electrons. The normalized spacial score (nSPS) is 13.9. The minimum absolute atomic E-state index is 0. The van der Waals surface area contributed by atoms with Gasteiger partial charge < -0.3 is 9.52 Å². The van der Waals surface area contributed by atoms with Crippen LogP contribution in [0.5, 0.6) is 0 Å². The number of pyridine rings is 1. The summed E-state index contributed by atoms with van der Waals surface area (Å²) in [7, 11) is 0. The van der Waals surface area contributed by atoms with Crippen LogP contribution in [0.25, 0.3) is 44.5 Å². The molecule has 0 amide bonds. The quantitative estimate of drug-likeness (QED) is 0.0864. The molecular weight excluding hydrogens is 795 g/mol. The van der Waals surface area contributed by atoms with Crippen molar-refractivity contribution in [2.75, 3.05) is 0 Å². The first-order valence-electron chi connectivity index (χ1n) is 18.2. The fourth-order valence-electron chi connectivity index (χ4n) is 7.12. The van der Waals surface area contributed by atoms with Gasteiger partial charge in [0.1, 0.15) is 17.1 Å². The summed E-state index contributed by atoms with van der Waals surface area (Å²) in [6.07, 6.45) is 5.84. The van der Waals surface area contributed by atoms with Gasteiger partial charge in [-0.2, -0.15) is 0 Å². The number of hydrogen-bond acceptors (Lipinski definition) is 4. The second kappa shape index (κ2) is 15.4. The number of aliphatic hydroxyl groups is 1. The van der Waals surface area contributed by atoms with E-state index in [0.717, 1.165) is 65.8 Å². The van der Waals surface area contributed by atoms with Gasteiger partial charge in [-0.3, -0.25) is 9.78 Å². The van der Waals surface area contributed by atoms with Gasteiger partial charge in [-0.15, -0.1) is 29.3 Å². The second-order valence-corrected chi connectivity index (χ2v) is 15.3. The molecule has 267 valence electrons. The molecule has 6 rings (SSSR count). The van der Waals surface area contributed by atoms with Crippen molar-refractivity contribution in [1.29, 1.82) is 0 Å². The predicted molar refractivity (Wildman–Crippen MR) is 205 cm³/mol. The van der Waals surface area contributed by atoms with Gasteiger partial charge >= 0.3 is 0 Å². The zero-order valence-electron chi connectivity index (χ0n) is 31.6. The van der Waals surface area contributed by atoms with Gasteiger partial charge in [0.05, 0.1) is 5.52 Å². The maximum Gasteiger partial charge on any atom is 0.164 e. The molecule has 3 aromatic carbocycles. The third-order valence-electron chi connectivity index (χ3n) is 11.3. The molecule has 2 heterocycles. The van der Waals surface area contributed by atoms with E-state index in [1.165, 1.54) is 33.5 Å². The van der Waals surface area contributed by atoms with Crippen LogP contribution in [0.15, 0.2) is 83.0 Å². The maximum absolute atomic E-state index is 12.2. The summed E-state index contributed by atoms with van der Waals surface area (Å²) < 4.78 is 6.34. The molecule has 5 heteroatoms. The minimum Gasteiger partial charge on any atom is -0.512 e. The molecule has 0 unspecified atom stereocenters. The Morgan fingerprint density at radius 3 is 2.22 bits per heavy atom. The Morgan fingerprint density at radius 2 is 1.58 bits per heavy atom. The SMILES string of the molecule is CC(C)Cc1ccc2nc(-c3[c-]ccc4c3C(C)(C)c3c-4oc4ccccc34)ccc2c1.CCC(C)(CC)C(=O)/C=C(\O)C(C)(CC)CC.[Ir]. The molecule has 0 spiro atoms. The van der Waals surface area contributed by atoms with Gasteiger partial charge in [-0.1, -0.05) is 111 Å². The topological polar surface area (TPSA) is 63.3 Å². The van der Waals surface area contributed by atoms with Gasteiger partial charge in [-0.05, 0) is 78.3 Å². The fourth-order valence-corrected chi connectivity index (χ4v) is 7.12. The summed E-state index contributed by atoms with van der Waals surface area (Å²) in [5.74, 6) is 1.92. The van der Waals surface area contributed by atoms with Crippen LogP contribution in [0.1, 0.15) is 112 Å². The summed E-state index contributed by atoms with van der Waals surface area (Å²) >= 11 is 0. The number of aliphatic hydroxyl groups excluding tert-OH is 1. The molecule has 5 aromatic rings. The van der Waals surface area contributed by atoms with Crippen LogP contribution in [0, 0.1) is 22.8 Å². The Balaban J connectivity index is 0.000000269. The van der Waals surface area contributed by atoms with Crippen molar-refractivity contribution < 1.29 is 34.4 Å².